The lowest BCUT2D eigenvalue weighted by atomic mass is 10.3. The predicted molar refractivity (Wildman–Crippen MR) is 56.8 cm³/mol. The molecule has 0 aromatic heterocycles. The molecule has 1 rings (SSSR count). The summed E-state index contributed by atoms with van der Waals surface area (Å²) in [6.45, 7) is -0.0207. The van der Waals surface area contributed by atoms with Gasteiger partial charge in [-0.15, -0.1) is 0 Å². The molecule has 1 aromatic rings. The summed E-state index contributed by atoms with van der Waals surface area (Å²) < 4.78 is 9.34. The molecule has 17 heavy (non-hydrogen) atoms. The highest BCUT2D eigenvalue weighted by molar-refractivity contribution is 5.63. The molecule has 1 aromatic carbocycles. The van der Waals surface area contributed by atoms with E-state index in [1.807, 2.05) is 0 Å². The standard InChI is InChI=1S/C10H11NO6/c12-6-1-7-16-10(13)17-9-4-2-8(3-5-9)11(14)15/h2-5,12H,1,6-7H2. The minimum Gasteiger partial charge on any atom is -0.434 e. The zero-order chi connectivity index (χ0) is 12.7. The van der Waals surface area contributed by atoms with Gasteiger partial charge in [0.2, 0.25) is 0 Å². The third kappa shape index (κ3) is 4.47. The average Bonchev–Trinajstić information content (AvgIpc) is 2.30. The summed E-state index contributed by atoms with van der Waals surface area (Å²) in [6.07, 6.45) is -0.581. The van der Waals surface area contributed by atoms with Crippen LogP contribution in [0.4, 0.5) is 10.5 Å². The Bertz CT molecular complexity index is 388. The molecule has 0 saturated carbocycles. The Morgan fingerprint density at radius 2 is 2.00 bits per heavy atom. The number of nitro groups is 1. The topological polar surface area (TPSA) is 98.9 Å². The van der Waals surface area contributed by atoms with Gasteiger partial charge in [0.15, 0.2) is 0 Å². The number of non-ortho nitro benzene ring substituents is 1. The molecule has 0 unspecified atom stereocenters. The molecule has 7 nitrogen and oxygen atoms in total. The Labute approximate surface area is 96.7 Å². The molecule has 1 N–H and O–H groups in total. The number of aliphatic hydroxyl groups excluding tert-OH is 1. The highest BCUT2D eigenvalue weighted by Gasteiger charge is 2.08. The number of aliphatic hydroxyl groups is 1. The first kappa shape index (κ1) is 12.9. The van der Waals surface area contributed by atoms with E-state index in [1.165, 1.54) is 24.3 Å². The molecular formula is C10H11NO6. The normalized spacial score (nSPS) is 9.71. The summed E-state index contributed by atoms with van der Waals surface area (Å²) in [6, 6.07) is 5.03. The van der Waals surface area contributed by atoms with E-state index in [2.05, 4.69) is 4.74 Å². The van der Waals surface area contributed by atoms with Gasteiger partial charge in [-0.05, 0) is 12.1 Å². The van der Waals surface area contributed by atoms with Crippen LogP contribution in [0.1, 0.15) is 6.42 Å². The van der Waals surface area contributed by atoms with E-state index >= 15 is 0 Å². The molecule has 0 heterocycles. The van der Waals surface area contributed by atoms with Crippen molar-refractivity contribution in [2.24, 2.45) is 0 Å². The van der Waals surface area contributed by atoms with Crippen molar-refractivity contribution < 1.29 is 24.3 Å². The van der Waals surface area contributed by atoms with Gasteiger partial charge >= 0.3 is 6.16 Å². The SMILES string of the molecule is O=C(OCCCO)Oc1ccc([N+](=O)[O-])cc1. The maximum Gasteiger partial charge on any atom is 0.513 e. The maximum absolute atomic E-state index is 11.0. The lowest BCUT2D eigenvalue weighted by Gasteiger charge is -2.04. The molecule has 0 aliphatic carbocycles. The van der Waals surface area contributed by atoms with E-state index in [9.17, 15) is 14.9 Å². The number of hydrogen-bond acceptors (Lipinski definition) is 6. The fourth-order valence-electron chi connectivity index (χ4n) is 0.982. The number of hydrogen-bond donors (Lipinski definition) is 1. The number of benzene rings is 1. The van der Waals surface area contributed by atoms with E-state index in [4.69, 9.17) is 9.84 Å². The molecule has 0 spiro atoms. The Kier molecular flexibility index (Phi) is 4.89. The minimum atomic E-state index is -0.910. The van der Waals surface area contributed by atoms with Crippen molar-refractivity contribution >= 4 is 11.8 Å². The first-order chi connectivity index (χ1) is 8.13. The van der Waals surface area contributed by atoms with Crippen LogP contribution in [0.25, 0.3) is 0 Å². The second kappa shape index (κ2) is 6.44. The van der Waals surface area contributed by atoms with Crippen LogP contribution in [-0.2, 0) is 4.74 Å². The van der Waals surface area contributed by atoms with Gasteiger partial charge < -0.3 is 14.6 Å². The van der Waals surface area contributed by atoms with Crippen LogP contribution < -0.4 is 4.74 Å². The van der Waals surface area contributed by atoms with Crippen LogP contribution >= 0.6 is 0 Å². The largest absolute Gasteiger partial charge is 0.513 e. The van der Waals surface area contributed by atoms with Crippen LogP contribution in [0.3, 0.4) is 0 Å². The smallest absolute Gasteiger partial charge is 0.434 e. The second-order valence-corrected chi connectivity index (χ2v) is 3.03. The summed E-state index contributed by atoms with van der Waals surface area (Å²) >= 11 is 0. The summed E-state index contributed by atoms with van der Waals surface area (Å²) in [5.41, 5.74) is -0.0917. The molecule has 0 amide bonds. The summed E-state index contributed by atoms with van der Waals surface area (Å²) in [5.74, 6) is 0.157. The van der Waals surface area contributed by atoms with Crippen molar-refractivity contribution in [3.63, 3.8) is 0 Å². The Morgan fingerprint density at radius 3 is 2.53 bits per heavy atom. The molecule has 7 heteroatoms. The molecule has 0 radical (unpaired) electrons. The van der Waals surface area contributed by atoms with Crippen LogP contribution in [0.5, 0.6) is 5.75 Å². The van der Waals surface area contributed by atoms with E-state index in [-0.39, 0.29) is 24.7 Å². The van der Waals surface area contributed by atoms with Crippen molar-refractivity contribution in [1.29, 1.82) is 0 Å². The molecule has 0 aliphatic rings. The molecule has 92 valence electrons. The number of ether oxygens (including phenoxy) is 2. The number of carbonyl (C=O) groups excluding carboxylic acids is 1. The van der Waals surface area contributed by atoms with Crippen molar-refractivity contribution in [2.75, 3.05) is 13.2 Å². The second-order valence-electron chi connectivity index (χ2n) is 3.03. The van der Waals surface area contributed by atoms with Gasteiger partial charge in [0.05, 0.1) is 11.5 Å². The van der Waals surface area contributed by atoms with Gasteiger partial charge in [0.1, 0.15) is 5.75 Å². The lowest BCUT2D eigenvalue weighted by molar-refractivity contribution is -0.384. The fourth-order valence-corrected chi connectivity index (χ4v) is 0.982. The van der Waals surface area contributed by atoms with Crippen LogP contribution in [0.15, 0.2) is 24.3 Å². The fraction of sp³-hybridized carbons (Fsp3) is 0.300. The van der Waals surface area contributed by atoms with Gasteiger partial charge in [-0.3, -0.25) is 10.1 Å². The minimum absolute atomic E-state index is 0.0579. The van der Waals surface area contributed by atoms with Gasteiger partial charge in [-0.1, -0.05) is 0 Å². The summed E-state index contributed by atoms with van der Waals surface area (Å²) in [4.78, 5) is 20.9. The van der Waals surface area contributed by atoms with Crippen LogP contribution in [-0.4, -0.2) is 29.4 Å². The highest BCUT2D eigenvalue weighted by atomic mass is 16.7. The van der Waals surface area contributed by atoms with Crippen molar-refractivity contribution in [2.45, 2.75) is 6.42 Å². The molecule has 0 saturated heterocycles. The molecular weight excluding hydrogens is 230 g/mol. The van der Waals surface area contributed by atoms with Gasteiger partial charge in [0.25, 0.3) is 5.69 Å². The predicted octanol–water partition coefficient (Wildman–Crippen LogP) is 1.49. The maximum atomic E-state index is 11.0. The molecule has 0 atom stereocenters. The first-order valence-corrected chi connectivity index (χ1v) is 4.83. The van der Waals surface area contributed by atoms with E-state index in [1.54, 1.807) is 0 Å². The van der Waals surface area contributed by atoms with Crippen molar-refractivity contribution in [3.8, 4) is 5.75 Å². The third-order valence-electron chi connectivity index (χ3n) is 1.77. The van der Waals surface area contributed by atoms with Crippen molar-refractivity contribution in [3.05, 3.63) is 34.4 Å². The zero-order valence-electron chi connectivity index (χ0n) is 8.87. The molecule has 0 bridgehead atoms. The van der Waals surface area contributed by atoms with Gasteiger partial charge in [-0.25, -0.2) is 4.79 Å². The van der Waals surface area contributed by atoms with Crippen LogP contribution in [0, 0.1) is 10.1 Å². The number of nitro benzene ring substituents is 1. The third-order valence-corrected chi connectivity index (χ3v) is 1.77. The number of rotatable bonds is 5. The lowest BCUT2D eigenvalue weighted by Crippen LogP contribution is -2.12. The average molecular weight is 241 g/mol. The highest BCUT2D eigenvalue weighted by Crippen LogP contribution is 2.17. The van der Waals surface area contributed by atoms with Crippen molar-refractivity contribution in [1.82, 2.24) is 0 Å². The Balaban J connectivity index is 2.46. The van der Waals surface area contributed by atoms with Crippen LogP contribution in [0.2, 0.25) is 0 Å². The number of carbonyl (C=O) groups is 1. The first-order valence-electron chi connectivity index (χ1n) is 4.83. The Hall–Kier alpha value is -2.15. The van der Waals surface area contributed by atoms with E-state index < -0.39 is 11.1 Å². The summed E-state index contributed by atoms with van der Waals surface area (Å²) in [5, 5.41) is 18.8. The van der Waals surface area contributed by atoms with Gasteiger partial charge in [0, 0.05) is 25.2 Å². The van der Waals surface area contributed by atoms with E-state index in [0.29, 0.717) is 6.42 Å². The zero-order valence-corrected chi connectivity index (χ0v) is 8.87. The Morgan fingerprint density at radius 1 is 1.35 bits per heavy atom. The quantitative estimate of drug-likeness (QED) is 0.275. The monoisotopic (exact) mass is 241 g/mol. The number of nitrogens with zero attached hydrogens (tertiary/aromatic N) is 1. The summed E-state index contributed by atoms with van der Waals surface area (Å²) in [7, 11) is 0. The van der Waals surface area contributed by atoms with E-state index in [0.717, 1.165) is 0 Å². The molecule has 0 fully saturated rings. The van der Waals surface area contributed by atoms with Gasteiger partial charge in [-0.2, -0.15) is 0 Å². The molecule has 0 aliphatic heterocycles.